The monoisotopic (exact) mass is 524 g/mol. The van der Waals surface area contributed by atoms with Crippen LogP contribution in [-0.4, -0.2) is 36.6 Å². The van der Waals surface area contributed by atoms with Gasteiger partial charge in [0.25, 0.3) is 0 Å². The quantitative estimate of drug-likeness (QED) is 0.127. The molecule has 0 aliphatic rings. The Kier molecular flexibility index (Phi) is 16.5. The molecule has 0 aliphatic carbocycles. The molecule has 0 fully saturated rings. The molecule has 1 rings (SSSR count). The van der Waals surface area contributed by atoms with Crippen molar-refractivity contribution < 1.29 is 9.53 Å². The van der Waals surface area contributed by atoms with Crippen molar-refractivity contribution in [2.45, 2.75) is 78.7 Å². The summed E-state index contributed by atoms with van der Waals surface area (Å²) < 4.78 is 4.93. The molecule has 0 radical (unpaired) electrons. The first kappa shape index (κ1) is 27.1. The van der Waals surface area contributed by atoms with E-state index in [1.54, 1.807) is 11.3 Å². The second-order valence-corrected chi connectivity index (χ2v) is 7.71. The molecule has 1 aromatic heterocycles. The van der Waals surface area contributed by atoms with Crippen LogP contribution in [0.3, 0.4) is 0 Å². The van der Waals surface area contributed by atoms with Gasteiger partial charge in [-0.3, -0.25) is 4.79 Å². The van der Waals surface area contributed by atoms with E-state index in [9.17, 15) is 4.79 Å². The predicted octanol–water partition coefficient (Wildman–Crippen LogP) is 4.84. The summed E-state index contributed by atoms with van der Waals surface area (Å²) in [5, 5.41) is 9.85. The molecule has 1 heterocycles. The molecule has 8 heteroatoms. The molecule has 0 aliphatic heterocycles. The van der Waals surface area contributed by atoms with Crippen molar-refractivity contribution in [2.75, 3.05) is 19.7 Å². The highest BCUT2D eigenvalue weighted by Crippen LogP contribution is 2.18. The summed E-state index contributed by atoms with van der Waals surface area (Å²) in [7, 11) is 0. The van der Waals surface area contributed by atoms with Gasteiger partial charge in [0.2, 0.25) is 0 Å². The van der Waals surface area contributed by atoms with E-state index in [0.717, 1.165) is 61.9 Å². The maximum Gasteiger partial charge on any atom is 0.305 e. The normalized spacial score (nSPS) is 11.2. The SMILES string of the molecule is CCNC(=NCc1nc(C(C)C)cs1)NCCCCCCCC(=O)OCC.I. The molecule has 28 heavy (non-hydrogen) atoms. The number of nitrogens with one attached hydrogen (secondary N) is 2. The summed E-state index contributed by atoms with van der Waals surface area (Å²) >= 11 is 1.68. The van der Waals surface area contributed by atoms with Crippen LogP contribution in [0.2, 0.25) is 0 Å². The van der Waals surface area contributed by atoms with E-state index in [-0.39, 0.29) is 29.9 Å². The fourth-order valence-electron chi connectivity index (χ4n) is 2.52. The van der Waals surface area contributed by atoms with Gasteiger partial charge in [-0.15, -0.1) is 35.3 Å². The van der Waals surface area contributed by atoms with Gasteiger partial charge in [-0.25, -0.2) is 9.98 Å². The van der Waals surface area contributed by atoms with E-state index < -0.39 is 0 Å². The molecule has 0 atom stereocenters. The lowest BCUT2D eigenvalue weighted by atomic mass is 10.1. The molecule has 0 bridgehead atoms. The van der Waals surface area contributed by atoms with Crippen LogP contribution >= 0.6 is 35.3 Å². The summed E-state index contributed by atoms with van der Waals surface area (Å²) in [5.74, 6) is 1.23. The highest BCUT2D eigenvalue weighted by Gasteiger charge is 2.06. The molecular formula is C20H37IN4O2S. The Balaban J connectivity index is 0.00000729. The first-order valence-corrected chi connectivity index (χ1v) is 11.1. The molecule has 0 aromatic carbocycles. The van der Waals surface area contributed by atoms with Gasteiger partial charge in [-0.2, -0.15) is 0 Å². The molecule has 2 N–H and O–H groups in total. The van der Waals surface area contributed by atoms with Crippen LogP contribution in [0.1, 0.15) is 82.8 Å². The van der Waals surface area contributed by atoms with E-state index in [4.69, 9.17) is 4.74 Å². The number of aliphatic imine (C=N–C) groups is 1. The van der Waals surface area contributed by atoms with Crippen LogP contribution in [0.15, 0.2) is 10.4 Å². The first-order chi connectivity index (χ1) is 13.1. The third-order valence-corrected chi connectivity index (χ3v) is 4.88. The van der Waals surface area contributed by atoms with Crippen molar-refractivity contribution in [3.05, 3.63) is 16.1 Å². The number of unbranched alkanes of at least 4 members (excludes halogenated alkanes) is 4. The largest absolute Gasteiger partial charge is 0.466 e. The van der Waals surface area contributed by atoms with Crippen LogP contribution in [0.4, 0.5) is 0 Å². The number of esters is 1. The maximum absolute atomic E-state index is 11.3. The summed E-state index contributed by atoms with van der Waals surface area (Å²) in [6.07, 6.45) is 5.93. The summed E-state index contributed by atoms with van der Waals surface area (Å²) in [4.78, 5) is 20.5. The fraction of sp³-hybridized carbons (Fsp3) is 0.750. The van der Waals surface area contributed by atoms with Gasteiger partial charge in [0.1, 0.15) is 5.01 Å². The van der Waals surface area contributed by atoms with Crippen LogP contribution in [0.25, 0.3) is 0 Å². The van der Waals surface area contributed by atoms with E-state index in [1.165, 1.54) is 0 Å². The lowest BCUT2D eigenvalue weighted by Crippen LogP contribution is -2.37. The summed E-state index contributed by atoms with van der Waals surface area (Å²) in [6.45, 7) is 11.1. The Hall–Kier alpha value is -0.900. The topological polar surface area (TPSA) is 75.6 Å². The lowest BCUT2D eigenvalue weighted by Gasteiger charge is -2.10. The number of carbonyl (C=O) groups excluding carboxylic acids is 1. The van der Waals surface area contributed by atoms with Crippen molar-refractivity contribution in [2.24, 2.45) is 4.99 Å². The Morgan fingerprint density at radius 1 is 1.18 bits per heavy atom. The average Bonchev–Trinajstić information content (AvgIpc) is 3.11. The number of halogens is 1. The number of ether oxygens (including phenoxy) is 1. The zero-order valence-corrected chi connectivity index (χ0v) is 20.9. The Labute approximate surface area is 191 Å². The Morgan fingerprint density at radius 3 is 2.54 bits per heavy atom. The van der Waals surface area contributed by atoms with Gasteiger partial charge in [-0.05, 0) is 32.6 Å². The number of guanidine groups is 1. The van der Waals surface area contributed by atoms with Crippen LogP contribution in [0, 0.1) is 0 Å². The van der Waals surface area contributed by atoms with Crippen LogP contribution in [-0.2, 0) is 16.1 Å². The number of nitrogens with zero attached hydrogens (tertiary/aromatic N) is 2. The fourth-order valence-corrected chi connectivity index (χ4v) is 3.39. The molecular weight excluding hydrogens is 487 g/mol. The smallest absolute Gasteiger partial charge is 0.305 e. The maximum atomic E-state index is 11.3. The van der Waals surface area contributed by atoms with Gasteiger partial charge in [-0.1, -0.05) is 33.1 Å². The second-order valence-electron chi connectivity index (χ2n) is 6.77. The molecule has 0 spiro atoms. The standard InChI is InChI=1S/C20H36N4O2S.HI/c1-5-21-20(23-14-18-24-17(15-27-18)16(3)4)22-13-11-9-7-8-10-12-19(25)26-6-2;/h15-16H,5-14H2,1-4H3,(H2,21,22,23);1H. The lowest BCUT2D eigenvalue weighted by molar-refractivity contribution is -0.143. The molecule has 0 amide bonds. The summed E-state index contributed by atoms with van der Waals surface area (Å²) in [6, 6.07) is 0. The van der Waals surface area contributed by atoms with Crippen molar-refractivity contribution in [1.29, 1.82) is 0 Å². The zero-order valence-electron chi connectivity index (χ0n) is 17.8. The van der Waals surface area contributed by atoms with Crippen molar-refractivity contribution in [3.8, 4) is 0 Å². The zero-order chi connectivity index (χ0) is 19.9. The molecule has 1 aromatic rings. The molecule has 162 valence electrons. The van der Waals surface area contributed by atoms with Gasteiger partial charge in [0, 0.05) is 24.9 Å². The van der Waals surface area contributed by atoms with Gasteiger partial charge < -0.3 is 15.4 Å². The average molecular weight is 525 g/mol. The van der Waals surface area contributed by atoms with Crippen LogP contribution < -0.4 is 10.6 Å². The van der Waals surface area contributed by atoms with Gasteiger partial charge in [0.15, 0.2) is 5.96 Å². The number of rotatable bonds is 13. The molecule has 0 saturated heterocycles. The molecule has 0 saturated carbocycles. The minimum absolute atomic E-state index is 0. The number of carbonyl (C=O) groups is 1. The Bertz CT molecular complexity index is 564. The number of hydrogen-bond donors (Lipinski definition) is 2. The third-order valence-electron chi connectivity index (χ3n) is 4.03. The van der Waals surface area contributed by atoms with Crippen molar-refractivity contribution in [1.82, 2.24) is 15.6 Å². The highest BCUT2D eigenvalue weighted by atomic mass is 127. The number of hydrogen-bond acceptors (Lipinski definition) is 5. The second kappa shape index (κ2) is 17.0. The minimum Gasteiger partial charge on any atom is -0.466 e. The minimum atomic E-state index is -0.0774. The molecule has 0 unspecified atom stereocenters. The van der Waals surface area contributed by atoms with E-state index in [0.29, 0.717) is 25.5 Å². The van der Waals surface area contributed by atoms with Crippen molar-refractivity contribution in [3.63, 3.8) is 0 Å². The number of aromatic nitrogens is 1. The highest BCUT2D eigenvalue weighted by molar-refractivity contribution is 14.0. The van der Waals surface area contributed by atoms with Crippen LogP contribution in [0.5, 0.6) is 0 Å². The summed E-state index contributed by atoms with van der Waals surface area (Å²) in [5.41, 5.74) is 1.14. The van der Waals surface area contributed by atoms with Crippen molar-refractivity contribution >= 4 is 47.2 Å². The van der Waals surface area contributed by atoms with E-state index in [2.05, 4.69) is 46.8 Å². The Morgan fingerprint density at radius 2 is 1.89 bits per heavy atom. The third kappa shape index (κ3) is 12.5. The van der Waals surface area contributed by atoms with Gasteiger partial charge >= 0.3 is 5.97 Å². The van der Waals surface area contributed by atoms with E-state index in [1.807, 2.05) is 6.92 Å². The first-order valence-electron chi connectivity index (χ1n) is 10.2. The molecule has 6 nitrogen and oxygen atoms in total. The predicted molar refractivity (Wildman–Crippen MR) is 129 cm³/mol. The number of thiazole rings is 1. The van der Waals surface area contributed by atoms with E-state index >= 15 is 0 Å². The van der Waals surface area contributed by atoms with Gasteiger partial charge in [0.05, 0.1) is 18.8 Å².